The van der Waals surface area contributed by atoms with E-state index in [4.69, 9.17) is 0 Å². The van der Waals surface area contributed by atoms with Crippen molar-refractivity contribution in [3.05, 3.63) is 0 Å². The van der Waals surface area contributed by atoms with Gasteiger partial charge in [0.15, 0.2) is 0 Å². The number of carboxylic acids is 1. The van der Waals surface area contributed by atoms with Gasteiger partial charge in [-0.15, -0.1) is 0 Å². The summed E-state index contributed by atoms with van der Waals surface area (Å²) in [7, 11) is 0. The van der Waals surface area contributed by atoms with Gasteiger partial charge in [-0.1, -0.05) is 25.7 Å². The van der Waals surface area contributed by atoms with Gasteiger partial charge in [0.2, 0.25) is 0 Å². The smallest absolute Gasteiger partial charge is 0.324 e. The Labute approximate surface area is 101 Å². The first kappa shape index (κ1) is 12.2. The molecule has 0 aromatic rings. The summed E-state index contributed by atoms with van der Waals surface area (Å²) in [4.78, 5) is 11.3. The van der Waals surface area contributed by atoms with Crippen molar-refractivity contribution >= 4 is 17.7 Å². The van der Waals surface area contributed by atoms with Crippen LogP contribution < -0.4 is 5.32 Å². The van der Waals surface area contributed by atoms with Crippen LogP contribution in [0.5, 0.6) is 0 Å². The Morgan fingerprint density at radius 1 is 1.44 bits per heavy atom. The number of carbonyl (C=O) groups is 1. The topological polar surface area (TPSA) is 49.3 Å². The molecule has 1 saturated heterocycles. The fraction of sp³-hybridized carbons (Fsp3) is 0.917. The van der Waals surface area contributed by atoms with Crippen LogP contribution in [0.3, 0.4) is 0 Å². The second-order valence-electron chi connectivity index (χ2n) is 5.06. The molecule has 1 atom stereocenters. The largest absolute Gasteiger partial charge is 0.480 e. The minimum Gasteiger partial charge on any atom is -0.480 e. The molecule has 0 amide bonds. The summed E-state index contributed by atoms with van der Waals surface area (Å²) in [5, 5.41) is 12.6. The van der Waals surface area contributed by atoms with Crippen LogP contribution in [0, 0.1) is 5.92 Å². The monoisotopic (exact) mass is 243 g/mol. The Morgan fingerprint density at radius 3 is 2.75 bits per heavy atom. The molecule has 1 heterocycles. The van der Waals surface area contributed by atoms with E-state index in [1.165, 1.54) is 25.7 Å². The zero-order valence-electron chi connectivity index (χ0n) is 9.71. The third-order valence-corrected chi connectivity index (χ3v) is 5.11. The van der Waals surface area contributed by atoms with E-state index in [2.05, 4.69) is 5.32 Å². The molecule has 0 aromatic carbocycles. The standard InChI is InChI=1S/C12H21NO2S/c14-11(15)12(6-8-16-9-12)13-7-5-10-3-1-2-4-10/h10,13H,1-9H2,(H,14,15). The van der Waals surface area contributed by atoms with Crippen LogP contribution in [0.15, 0.2) is 0 Å². The van der Waals surface area contributed by atoms with Gasteiger partial charge in [0.25, 0.3) is 0 Å². The maximum Gasteiger partial charge on any atom is 0.324 e. The van der Waals surface area contributed by atoms with E-state index in [0.717, 1.165) is 36.8 Å². The number of carboxylic acid groups (broad SMARTS) is 1. The van der Waals surface area contributed by atoms with Gasteiger partial charge in [0.05, 0.1) is 0 Å². The number of nitrogens with one attached hydrogen (secondary N) is 1. The average Bonchev–Trinajstić information content (AvgIpc) is 2.88. The van der Waals surface area contributed by atoms with E-state index in [0.29, 0.717) is 0 Å². The van der Waals surface area contributed by atoms with Crippen molar-refractivity contribution in [1.82, 2.24) is 5.32 Å². The highest BCUT2D eigenvalue weighted by molar-refractivity contribution is 7.99. The number of rotatable bonds is 5. The molecule has 1 unspecified atom stereocenters. The van der Waals surface area contributed by atoms with Crippen LogP contribution in [-0.4, -0.2) is 34.7 Å². The van der Waals surface area contributed by atoms with Crippen LogP contribution in [-0.2, 0) is 4.79 Å². The Morgan fingerprint density at radius 2 is 2.19 bits per heavy atom. The van der Waals surface area contributed by atoms with Gasteiger partial charge in [-0.3, -0.25) is 4.79 Å². The van der Waals surface area contributed by atoms with E-state index < -0.39 is 11.5 Å². The predicted octanol–water partition coefficient (Wildman–Crippen LogP) is 2.12. The summed E-state index contributed by atoms with van der Waals surface area (Å²) < 4.78 is 0. The van der Waals surface area contributed by atoms with Gasteiger partial charge in [-0.05, 0) is 31.1 Å². The third-order valence-electron chi connectivity index (χ3n) is 3.92. The highest BCUT2D eigenvalue weighted by Gasteiger charge is 2.41. The molecule has 2 aliphatic rings. The van der Waals surface area contributed by atoms with Crippen LogP contribution >= 0.6 is 11.8 Å². The quantitative estimate of drug-likeness (QED) is 0.776. The van der Waals surface area contributed by atoms with Crippen molar-refractivity contribution in [2.45, 2.75) is 44.1 Å². The lowest BCUT2D eigenvalue weighted by molar-refractivity contribution is -0.143. The molecule has 4 heteroatoms. The molecule has 2 N–H and O–H groups in total. The van der Waals surface area contributed by atoms with E-state index in [1.54, 1.807) is 11.8 Å². The number of aliphatic carboxylic acids is 1. The zero-order valence-corrected chi connectivity index (χ0v) is 10.5. The predicted molar refractivity (Wildman–Crippen MR) is 66.9 cm³/mol. The molecule has 92 valence electrons. The first-order valence-electron chi connectivity index (χ1n) is 6.29. The molecule has 1 aliphatic heterocycles. The molecule has 0 radical (unpaired) electrons. The van der Waals surface area contributed by atoms with Crippen LogP contribution in [0.4, 0.5) is 0 Å². The highest BCUT2D eigenvalue weighted by Crippen LogP contribution is 2.30. The van der Waals surface area contributed by atoms with E-state index >= 15 is 0 Å². The highest BCUT2D eigenvalue weighted by atomic mass is 32.2. The summed E-state index contributed by atoms with van der Waals surface area (Å²) >= 11 is 1.75. The van der Waals surface area contributed by atoms with Crippen LogP contribution in [0.2, 0.25) is 0 Å². The molecule has 1 saturated carbocycles. The van der Waals surface area contributed by atoms with Gasteiger partial charge in [-0.2, -0.15) is 11.8 Å². The molecular formula is C12H21NO2S. The summed E-state index contributed by atoms with van der Waals surface area (Å²) in [6.07, 6.45) is 7.35. The molecule has 16 heavy (non-hydrogen) atoms. The lowest BCUT2D eigenvalue weighted by Crippen LogP contribution is -2.52. The number of hydrogen-bond donors (Lipinski definition) is 2. The first-order chi connectivity index (χ1) is 7.73. The summed E-state index contributed by atoms with van der Waals surface area (Å²) in [5.41, 5.74) is -0.622. The van der Waals surface area contributed by atoms with Gasteiger partial charge in [0, 0.05) is 5.75 Å². The van der Waals surface area contributed by atoms with E-state index in [-0.39, 0.29) is 0 Å². The van der Waals surface area contributed by atoms with Crippen molar-refractivity contribution in [2.24, 2.45) is 5.92 Å². The molecule has 2 rings (SSSR count). The third kappa shape index (κ3) is 2.72. The molecule has 2 fully saturated rings. The maximum atomic E-state index is 11.3. The Kier molecular flexibility index (Phi) is 4.14. The van der Waals surface area contributed by atoms with Crippen LogP contribution in [0.1, 0.15) is 38.5 Å². The molecule has 1 aliphatic carbocycles. The lowest BCUT2D eigenvalue weighted by atomic mass is 9.97. The Balaban J connectivity index is 1.76. The van der Waals surface area contributed by atoms with Gasteiger partial charge in [0.1, 0.15) is 5.54 Å². The normalized spacial score (nSPS) is 31.0. The Bertz CT molecular complexity index is 245. The van der Waals surface area contributed by atoms with Crippen molar-refractivity contribution in [1.29, 1.82) is 0 Å². The molecule has 0 spiro atoms. The van der Waals surface area contributed by atoms with Gasteiger partial charge < -0.3 is 10.4 Å². The van der Waals surface area contributed by atoms with E-state index in [1.807, 2.05) is 0 Å². The summed E-state index contributed by atoms with van der Waals surface area (Å²) in [6, 6.07) is 0. The van der Waals surface area contributed by atoms with Crippen molar-refractivity contribution < 1.29 is 9.90 Å². The number of hydrogen-bond acceptors (Lipinski definition) is 3. The minimum absolute atomic E-state index is 0.622. The molecule has 0 bridgehead atoms. The van der Waals surface area contributed by atoms with Crippen molar-refractivity contribution in [3.8, 4) is 0 Å². The summed E-state index contributed by atoms with van der Waals surface area (Å²) in [6.45, 7) is 0.873. The van der Waals surface area contributed by atoms with Crippen molar-refractivity contribution in [2.75, 3.05) is 18.1 Å². The SMILES string of the molecule is O=C(O)C1(NCCC2CCCC2)CCSC1. The fourth-order valence-corrected chi connectivity index (χ4v) is 4.12. The van der Waals surface area contributed by atoms with Gasteiger partial charge >= 0.3 is 5.97 Å². The van der Waals surface area contributed by atoms with E-state index in [9.17, 15) is 9.90 Å². The molecular weight excluding hydrogens is 222 g/mol. The van der Waals surface area contributed by atoms with Gasteiger partial charge in [-0.25, -0.2) is 0 Å². The lowest BCUT2D eigenvalue weighted by Gasteiger charge is -2.25. The molecule has 0 aromatic heterocycles. The maximum absolute atomic E-state index is 11.3. The minimum atomic E-state index is -0.663. The Hall–Kier alpha value is -0.220. The fourth-order valence-electron chi connectivity index (χ4n) is 2.76. The van der Waals surface area contributed by atoms with Crippen molar-refractivity contribution in [3.63, 3.8) is 0 Å². The average molecular weight is 243 g/mol. The first-order valence-corrected chi connectivity index (χ1v) is 7.45. The number of thioether (sulfide) groups is 1. The zero-order chi connectivity index (χ0) is 11.4. The summed E-state index contributed by atoms with van der Waals surface area (Å²) in [5.74, 6) is 1.88. The second kappa shape index (κ2) is 5.41. The second-order valence-corrected chi connectivity index (χ2v) is 6.16. The van der Waals surface area contributed by atoms with Crippen LogP contribution in [0.25, 0.3) is 0 Å². The molecule has 3 nitrogen and oxygen atoms in total.